The van der Waals surface area contributed by atoms with E-state index >= 15 is 0 Å². The molecule has 1 N–H and O–H groups in total. The molecule has 8 heteroatoms. The summed E-state index contributed by atoms with van der Waals surface area (Å²) in [6.45, 7) is 3.88. The fourth-order valence-corrected chi connectivity index (χ4v) is 3.54. The first kappa shape index (κ1) is 17.9. The van der Waals surface area contributed by atoms with Gasteiger partial charge in [-0.25, -0.2) is 9.78 Å². The van der Waals surface area contributed by atoms with Gasteiger partial charge in [-0.1, -0.05) is 17.4 Å². The summed E-state index contributed by atoms with van der Waals surface area (Å²) in [5.74, 6) is 0.109. The summed E-state index contributed by atoms with van der Waals surface area (Å²) in [6.07, 6.45) is 1.84. The highest BCUT2D eigenvalue weighted by atomic mass is 32.1. The lowest BCUT2D eigenvalue weighted by Gasteiger charge is -2.06. The molecule has 136 valence electrons. The second-order valence-electron chi connectivity index (χ2n) is 5.54. The standard InChI is InChI=1S/C18H19N3O4S/c1-4-25-17(23)16-11(2)19-18(26-16)20-15(22)10-21-9-8-12-13(21)6-5-7-14(12)24-3/h5-9H,4,10H2,1-3H3,(H,19,20,22). The van der Waals surface area contributed by atoms with Gasteiger partial charge in [-0.3, -0.25) is 4.79 Å². The molecule has 0 saturated heterocycles. The van der Waals surface area contributed by atoms with Gasteiger partial charge in [0.25, 0.3) is 0 Å². The molecule has 2 heterocycles. The van der Waals surface area contributed by atoms with Crippen LogP contribution in [0.25, 0.3) is 10.9 Å². The van der Waals surface area contributed by atoms with Crippen molar-refractivity contribution in [2.45, 2.75) is 20.4 Å². The Morgan fingerprint density at radius 1 is 1.31 bits per heavy atom. The molecule has 2 aromatic heterocycles. The Morgan fingerprint density at radius 3 is 2.85 bits per heavy atom. The molecule has 26 heavy (non-hydrogen) atoms. The minimum atomic E-state index is -0.425. The molecule has 0 bridgehead atoms. The molecular formula is C18H19N3O4S. The lowest BCUT2D eigenvalue weighted by atomic mass is 10.2. The molecule has 1 amide bonds. The zero-order valence-corrected chi connectivity index (χ0v) is 15.6. The highest BCUT2D eigenvalue weighted by Gasteiger charge is 2.18. The number of hydrogen-bond acceptors (Lipinski definition) is 6. The van der Waals surface area contributed by atoms with Gasteiger partial charge in [0.1, 0.15) is 17.2 Å². The van der Waals surface area contributed by atoms with Crippen LogP contribution >= 0.6 is 11.3 Å². The van der Waals surface area contributed by atoms with Crippen molar-refractivity contribution < 1.29 is 19.1 Å². The van der Waals surface area contributed by atoms with E-state index in [4.69, 9.17) is 9.47 Å². The largest absolute Gasteiger partial charge is 0.496 e. The van der Waals surface area contributed by atoms with Crippen LogP contribution < -0.4 is 10.1 Å². The smallest absolute Gasteiger partial charge is 0.350 e. The van der Waals surface area contributed by atoms with E-state index in [1.54, 1.807) is 21.0 Å². The number of rotatable bonds is 6. The number of thiazole rings is 1. The van der Waals surface area contributed by atoms with Gasteiger partial charge < -0.3 is 19.4 Å². The van der Waals surface area contributed by atoms with E-state index in [1.807, 2.05) is 35.0 Å². The third-order valence-corrected chi connectivity index (χ3v) is 4.86. The number of methoxy groups -OCH3 is 1. The van der Waals surface area contributed by atoms with E-state index in [2.05, 4.69) is 10.3 Å². The van der Waals surface area contributed by atoms with Crippen LogP contribution in [0, 0.1) is 6.92 Å². The summed E-state index contributed by atoms with van der Waals surface area (Å²) in [6, 6.07) is 7.60. The zero-order chi connectivity index (χ0) is 18.7. The Morgan fingerprint density at radius 2 is 2.12 bits per heavy atom. The van der Waals surface area contributed by atoms with Crippen LogP contribution in [-0.2, 0) is 16.1 Å². The predicted molar refractivity (Wildman–Crippen MR) is 99.9 cm³/mol. The Labute approximate surface area is 154 Å². The van der Waals surface area contributed by atoms with Crippen LogP contribution in [-0.4, -0.2) is 35.1 Å². The molecule has 0 saturated carbocycles. The third-order valence-electron chi connectivity index (χ3n) is 3.81. The number of carbonyl (C=O) groups is 2. The van der Waals surface area contributed by atoms with Gasteiger partial charge in [-0.2, -0.15) is 0 Å². The maximum Gasteiger partial charge on any atom is 0.350 e. The number of ether oxygens (including phenoxy) is 2. The predicted octanol–water partition coefficient (Wildman–Crippen LogP) is 3.23. The fourth-order valence-electron chi connectivity index (χ4n) is 2.66. The molecule has 0 atom stereocenters. The van der Waals surface area contributed by atoms with Gasteiger partial charge in [0.05, 0.1) is 24.9 Å². The highest BCUT2D eigenvalue weighted by molar-refractivity contribution is 7.17. The Hall–Kier alpha value is -2.87. The quantitative estimate of drug-likeness (QED) is 0.671. The number of esters is 1. The topological polar surface area (TPSA) is 82.5 Å². The normalized spacial score (nSPS) is 10.7. The number of nitrogens with one attached hydrogen (secondary N) is 1. The molecule has 0 fully saturated rings. The van der Waals surface area contributed by atoms with Crippen molar-refractivity contribution >= 4 is 39.2 Å². The average Bonchev–Trinajstić information content (AvgIpc) is 3.18. The van der Waals surface area contributed by atoms with E-state index in [1.165, 1.54) is 0 Å². The number of aryl methyl sites for hydroxylation is 1. The van der Waals surface area contributed by atoms with Gasteiger partial charge in [-0.05, 0) is 32.0 Å². The zero-order valence-electron chi connectivity index (χ0n) is 14.7. The van der Waals surface area contributed by atoms with Crippen molar-refractivity contribution in [3.05, 3.63) is 41.0 Å². The minimum Gasteiger partial charge on any atom is -0.496 e. The van der Waals surface area contributed by atoms with Gasteiger partial charge in [-0.15, -0.1) is 0 Å². The van der Waals surface area contributed by atoms with E-state index in [0.29, 0.717) is 22.3 Å². The number of carbonyl (C=O) groups excluding carboxylic acids is 2. The summed E-state index contributed by atoms with van der Waals surface area (Å²) >= 11 is 1.11. The minimum absolute atomic E-state index is 0.129. The van der Waals surface area contributed by atoms with E-state index < -0.39 is 5.97 Å². The monoisotopic (exact) mass is 373 g/mol. The highest BCUT2D eigenvalue weighted by Crippen LogP contribution is 2.27. The summed E-state index contributed by atoms with van der Waals surface area (Å²) in [4.78, 5) is 28.9. The van der Waals surface area contributed by atoms with Crippen molar-refractivity contribution in [3.8, 4) is 5.75 Å². The van der Waals surface area contributed by atoms with E-state index in [-0.39, 0.29) is 12.5 Å². The van der Waals surface area contributed by atoms with Crippen molar-refractivity contribution in [2.24, 2.45) is 0 Å². The van der Waals surface area contributed by atoms with Crippen molar-refractivity contribution in [3.63, 3.8) is 0 Å². The number of aromatic nitrogens is 2. The van der Waals surface area contributed by atoms with Gasteiger partial charge in [0.2, 0.25) is 5.91 Å². The number of benzene rings is 1. The molecule has 0 radical (unpaired) electrons. The second-order valence-corrected chi connectivity index (χ2v) is 6.54. The SMILES string of the molecule is CCOC(=O)c1sc(NC(=O)Cn2ccc3c(OC)cccc32)nc1C. The molecule has 0 spiro atoms. The molecule has 7 nitrogen and oxygen atoms in total. The molecular weight excluding hydrogens is 354 g/mol. The van der Waals surface area contributed by atoms with E-state index in [9.17, 15) is 9.59 Å². The molecule has 3 aromatic rings. The lowest BCUT2D eigenvalue weighted by molar-refractivity contribution is -0.116. The summed E-state index contributed by atoms with van der Waals surface area (Å²) in [5.41, 5.74) is 1.45. The Kier molecular flexibility index (Phi) is 5.22. The van der Waals surface area contributed by atoms with Crippen molar-refractivity contribution in [2.75, 3.05) is 19.0 Å². The van der Waals surface area contributed by atoms with Crippen LogP contribution in [0.4, 0.5) is 5.13 Å². The van der Waals surface area contributed by atoms with Crippen LogP contribution in [0.2, 0.25) is 0 Å². The van der Waals surface area contributed by atoms with Gasteiger partial charge in [0, 0.05) is 11.6 Å². The first-order valence-electron chi connectivity index (χ1n) is 8.09. The Balaban J connectivity index is 1.74. The number of anilines is 1. The number of nitrogens with zero attached hydrogens (tertiary/aromatic N) is 2. The average molecular weight is 373 g/mol. The maximum absolute atomic E-state index is 12.4. The molecule has 3 rings (SSSR count). The van der Waals surface area contributed by atoms with Gasteiger partial charge in [0.15, 0.2) is 5.13 Å². The molecule has 1 aromatic carbocycles. The fraction of sp³-hybridized carbons (Fsp3) is 0.278. The van der Waals surface area contributed by atoms with Gasteiger partial charge >= 0.3 is 5.97 Å². The van der Waals surface area contributed by atoms with Crippen LogP contribution in [0.15, 0.2) is 30.5 Å². The third kappa shape index (κ3) is 3.55. The lowest BCUT2D eigenvalue weighted by Crippen LogP contribution is -2.18. The van der Waals surface area contributed by atoms with Crippen molar-refractivity contribution in [1.29, 1.82) is 0 Å². The van der Waals surface area contributed by atoms with E-state index in [0.717, 1.165) is 28.0 Å². The number of fused-ring (bicyclic) bond motifs is 1. The molecule has 0 unspecified atom stereocenters. The summed E-state index contributed by atoms with van der Waals surface area (Å²) in [7, 11) is 1.62. The van der Waals surface area contributed by atoms with Crippen LogP contribution in [0.5, 0.6) is 5.75 Å². The second kappa shape index (κ2) is 7.57. The number of hydrogen-bond donors (Lipinski definition) is 1. The molecule has 0 aliphatic rings. The first-order valence-corrected chi connectivity index (χ1v) is 8.91. The van der Waals surface area contributed by atoms with Crippen LogP contribution in [0.3, 0.4) is 0 Å². The maximum atomic E-state index is 12.4. The van der Waals surface area contributed by atoms with Crippen LogP contribution in [0.1, 0.15) is 22.3 Å². The Bertz CT molecular complexity index is 961. The number of amides is 1. The first-order chi connectivity index (χ1) is 12.5. The molecule has 0 aliphatic carbocycles. The summed E-state index contributed by atoms with van der Waals surface area (Å²) in [5, 5.41) is 4.06. The molecule has 0 aliphatic heterocycles. The summed E-state index contributed by atoms with van der Waals surface area (Å²) < 4.78 is 12.2. The van der Waals surface area contributed by atoms with Crippen molar-refractivity contribution in [1.82, 2.24) is 9.55 Å².